The monoisotopic (exact) mass is 288 g/mol. The number of nitrogens with zero attached hydrogens (tertiary/aromatic N) is 1. The van der Waals surface area contributed by atoms with Crippen LogP contribution in [-0.4, -0.2) is 10.7 Å². The molecule has 0 bridgehead atoms. The fourth-order valence-corrected chi connectivity index (χ4v) is 3.67. The standard InChI is InChI=1S/C16H17FN2S/c1-11(14-7-6-12(17)10-18-14)19-15-8-9-20-16-5-3-2-4-13(15)16/h2-7,10-11,15,19H,8-9H2,1H3. The van der Waals surface area contributed by atoms with Crippen molar-refractivity contribution in [2.45, 2.75) is 30.3 Å². The Kier molecular flexibility index (Phi) is 4.03. The molecule has 3 rings (SSSR count). The lowest BCUT2D eigenvalue weighted by Crippen LogP contribution is -2.27. The summed E-state index contributed by atoms with van der Waals surface area (Å²) in [6.07, 6.45) is 2.38. The first-order chi connectivity index (χ1) is 9.74. The molecule has 0 spiro atoms. The molecular weight excluding hydrogens is 271 g/mol. The van der Waals surface area contributed by atoms with Gasteiger partial charge in [-0.2, -0.15) is 0 Å². The Hall–Kier alpha value is -1.39. The summed E-state index contributed by atoms with van der Waals surface area (Å²) in [7, 11) is 0. The summed E-state index contributed by atoms with van der Waals surface area (Å²) in [6, 6.07) is 12.2. The van der Waals surface area contributed by atoms with Crippen molar-refractivity contribution in [2.75, 3.05) is 5.75 Å². The second kappa shape index (κ2) is 5.94. The lowest BCUT2D eigenvalue weighted by atomic mass is 10.0. The van der Waals surface area contributed by atoms with Crippen molar-refractivity contribution in [2.24, 2.45) is 0 Å². The van der Waals surface area contributed by atoms with Crippen LogP contribution in [0.2, 0.25) is 0 Å². The summed E-state index contributed by atoms with van der Waals surface area (Å²) < 4.78 is 12.9. The fourth-order valence-electron chi connectivity index (χ4n) is 2.55. The average molecular weight is 288 g/mol. The van der Waals surface area contributed by atoms with Gasteiger partial charge in [0.25, 0.3) is 0 Å². The number of rotatable bonds is 3. The van der Waals surface area contributed by atoms with E-state index < -0.39 is 0 Å². The van der Waals surface area contributed by atoms with Gasteiger partial charge in [0, 0.05) is 17.0 Å². The predicted octanol–water partition coefficient (Wildman–Crippen LogP) is 4.11. The van der Waals surface area contributed by atoms with Crippen LogP contribution in [0, 0.1) is 5.82 Å². The minimum absolute atomic E-state index is 0.108. The third kappa shape index (κ3) is 2.86. The van der Waals surface area contributed by atoms with Crippen molar-refractivity contribution < 1.29 is 4.39 Å². The molecule has 2 aromatic rings. The number of halogens is 1. The summed E-state index contributed by atoms with van der Waals surface area (Å²) in [5.41, 5.74) is 2.24. The number of hydrogen-bond acceptors (Lipinski definition) is 3. The third-order valence-corrected chi connectivity index (χ3v) is 4.73. The van der Waals surface area contributed by atoms with Crippen LogP contribution in [0.5, 0.6) is 0 Å². The SMILES string of the molecule is CC(NC1CCSc2ccccc21)c1ccc(F)cn1. The van der Waals surface area contributed by atoms with Gasteiger partial charge in [-0.3, -0.25) is 4.98 Å². The van der Waals surface area contributed by atoms with Gasteiger partial charge in [-0.1, -0.05) is 18.2 Å². The molecule has 2 heterocycles. The number of aromatic nitrogens is 1. The summed E-state index contributed by atoms with van der Waals surface area (Å²) in [4.78, 5) is 5.51. The number of benzene rings is 1. The van der Waals surface area contributed by atoms with Gasteiger partial charge < -0.3 is 5.32 Å². The van der Waals surface area contributed by atoms with Crippen LogP contribution in [-0.2, 0) is 0 Å². The molecule has 0 saturated carbocycles. The Morgan fingerprint density at radius 1 is 1.30 bits per heavy atom. The van der Waals surface area contributed by atoms with E-state index >= 15 is 0 Å². The summed E-state index contributed by atoms with van der Waals surface area (Å²) in [5, 5.41) is 3.61. The molecule has 20 heavy (non-hydrogen) atoms. The van der Waals surface area contributed by atoms with Crippen LogP contribution in [0.4, 0.5) is 4.39 Å². The molecule has 0 amide bonds. The Morgan fingerprint density at radius 3 is 2.95 bits per heavy atom. The number of pyridine rings is 1. The Bertz CT molecular complexity index is 585. The highest BCUT2D eigenvalue weighted by Crippen LogP contribution is 2.36. The molecule has 2 unspecified atom stereocenters. The zero-order chi connectivity index (χ0) is 13.9. The summed E-state index contributed by atoms with van der Waals surface area (Å²) in [5.74, 6) is 0.832. The van der Waals surface area contributed by atoms with E-state index in [1.165, 1.54) is 22.7 Å². The van der Waals surface area contributed by atoms with E-state index in [0.717, 1.165) is 17.9 Å². The van der Waals surface area contributed by atoms with Crippen LogP contribution >= 0.6 is 11.8 Å². The summed E-state index contributed by atoms with van der Waals surface area (Å²) in [6.45, 7) is 2.07. The summed E-state index contributed by atoms with van der Waals surface area (Å²) >= 11 is 1.91. The lowest BCUT2D eigenvalue weighted by molar-refractivity contribution is 0.443. The molecule has 1 N–H and O–H groups in total. The molecule has 1 aliphatic rings. The molecule has 4 heteroatoms. The van der Waals surface area contributed by atoms with Gasteiger partial charge >= 0.3 is 0 Å². The van der Waals surface area contributed by atoms with Crippen molar-refractivity contribution in [3.8, 4) is 0 Å². The van der Waals surface area contributed by atoms with Gasteiger partial charge in [0.15, 0.2) is 0 Å². The quantitative estimate of drug-likeness (QED) is 0.920. The second-order valence-electron chi connectivity index (χ2n) is 5.02. The molecule has 0 saturated heterocycles. The highest BCUT2D eigenvalue weighted by Gasteiger charge is 2.22. The Balaban J connectivity index is 1.77. The van der Waals surface area contributed by atoms with Crippen molar-refractivity contribution in [1.82, 2.24) is 10.3 Å². The average Bonchev–Trinajstić information content (AvgIpc) is 2.48. The van der Waals surface area contributed by atoms with E-state index in [0.29, 0.717) is 6.04 Å². The molecule has 2 atom stereocenters. The number of nitrogens with one attached hydrogen (secondary N) is 1. The zero-order valence-electron chi connectivity index (χ0n) is 11.3. The van der Waals surface area contributed by atoms with E-state index in [2.05, 4.69) is 41.5 Å². The maximum Gasteiger partial charge on any atom is 0.141 e. The maximum atomic E-state index is 12.9. The van der Waals surface area contributed by atoms with E-state index in [1.54, 1.807) is 6.07 Å². The Morgan fingerprint density at radius 2 is 2.15 bits per heavy atom. The number of hydrogen-bond donors (Lipinski definition) is 1. The topological polar surface area (TPSA) is 24.9 Å². The molecule has 1 aromatic carbocycles. The van der Waals surface area contributed by atoms with Crippen molar-refractivity contribution in [1.29, 1.82) is 0 Å². The van der Waals surface area contributed by atoms with E-state index in [-0.39, 0.29) is 11.9 Å². The molecular formula is C16H17FN2S. The van der Waals surface area contributed by atoms with Crippen LogP contribution < -0.4 is 5.32 Å². The van der Waals surface area contributed by atoms with Crippen LogP contribution in [0.25, 0.3) is 0 Å². The van der Waals surface area contributed by atoms with Gasteiger partial charge in [-0.25, -0.2) is 4.39 Å². The van der Waals surface area contributed by atoms with Gasteiger partial charge in [0.05, 0.1) is 11.9 Å². The van der Waals surface area contributed by atoms with Crippen molar-refractivity contribution in [3.63, 3.8) is 0 Å². The molecule has 0 radical (unpaired) electrons. The van der Waals surface area contributed by atoms with Gasteiger partial charge in [-0.15, -0.1) is 11.8 Å². The molecule has 1 aromatic heterocycles. The third-order valence-electron chi connectivity index (χ3n) is 3.60. The first-order valence-corrected chi connectivity index (χ1v) is 7.82. The lowest BCUT2D eigenvalue weighted by Gasteiger charge is -2.28. The minimum Gasteiger partial charge on any atom is -0.302 e. The highest BCUT2D eigenvalue weighted by atomic mass is 32.2. The number of fused-ring (bicyclic) bond motifs is 1. The van der Waals surface area contributed by atoms with Crippen LogP contribution in [0.3, 0.4) is 0 Å². The second-order valence-corrected chi connectivity index (χ2v) is 6.15. The normalized spacial score (nSPS) is 19.4. The van der Waals surface area contributed by atoms with Crippen molar-refractivity contribution in [3.05, 3.63) is 59.7 Å². The van der Waals surface area contributed by atoms with E-state index in [1.807, 2.05) is 11.8 Å². The number of thioether (sulfide) groups is 1. The maximum absolute atomic E-state index is 12.9. The van der Waals surface area contributed by atoms with Gasteiger partial charge in [0.2, 0.25) is 0 Å². The first-order valence-electron chi connectivity index (χ1n) is 6.83. The van der Waals surface area contributed by atoms with E-state index in [4.69, 9.17) is 0 Å². The molecule has 104 valence electrons. The Labute approximate surface area is 122 Å². The smallest absolute Gasteiger partial charge is 0.141 e. The molecule has 0 fully saturated rings. The first kappa shape index (κ1) is 13.6. The highest BCUT2D eigenvalue weighted by molar-refractivity contribution is 7.99. The van der Waals surface area contributed by atoms with Gasteiger partial charge in [0.1, 0.15) is 5.82 Å². The minimum atomic E-state index is -0.291. The van der Waals surface area contributed by atoms with Crippen LogP contribution in [0.15, 0.2) is 47.5 Å². The van der Waals surface area contributed by atoms with E-state index in [9.17, 15) is 4.39 Å². The van der Waals surface area contributed by atoms with Gasteiger partial charge in [-0.05, 0) is 42.9 Å². The van der Waals surface area contributed by atoms with Crippen LogP contribution in [0.1, 0.15) is 36.7 Å². The van der Waals surface area contributed by atoms with Crippen molar-refractivity contribution >= 4 is 11.8 Å². The molecule has 1 aliphatic heterocycles. The zero-order valence-corrected chi connectivity index (χ0v) is 12.2. The molecule has 0 aliphatic carbocycles. The fraction of sp³-hybridized carbons (Fsp3) is 0.312. The molecule has 2 nitrogen and oxygen atoms in total. The predicted molar refractivity (Wildman–Crippen MR) is 80.3 cm³/mol. The largest absolute Gasteiger partial charge is 0.302 e.